The van der Waals surface area contributed by atoms with Crippen LogP contribution in [0.4, 0.5) is 0 Å². The molecule has 0 saturated heterocycles. The molecule has 0 aliphatic heterocycles. The van der Waals surface area contributed by atoms with Gasteiger partial charge in [0.15, 0.2) is 4.77 Å². The van der Waals surface area contributed by atoms with Crippen LogP contribution in [-0.2, 0) is 0 Å². The molecule has 2 aromatic heterocycles. The fraction of sp³-hybridized carbons (Fsp3) is 0.148. The van der Waals surface area contributed by atoms with E-state index in [1.807, 2.05) is 63.2 Å². The highest BCUT2D eigenvalue weighted by atomic mass is 32.1. The second-order valence-electron chi connectivity index (χ2n) is 8.68. The Bertz CT molecular complexity index is 1700. The van der Waals surface area contributed by atoms with Gasteiger partial charge in [0.2, 0.25) is 0 Å². The van der Waals surface area contributed by atoms with Gasteiger partial charge in [0.1, 0.15) is 12.7 Å². The average molecular weight is 497 g/mol. The number of hydrogen-bond acceptors (Lipinski definition) is 5. The van der Waals surface area contributed by atoms with E-state index in [0.717, 1.165) is 28.1 Å². The van der Waals surface area contributed by atoms with Crippen LogP contribution in [0.25, 0.3) is 22.3 Å². The first-order valence-corrected chi connectivity index (χ1v) is 11.9. The van der Waals surface area contributed by atoms with Crippen molar-refractivity contribution < 1.29 is 4.79 Å². The molecule has 5 aromatic rings. The van der Waals surface area contributed by atoms with Crippen molar-refractivity contribution in [3.05, 3.63) is 111 Å². The van der Waals surface area contributed by atoms with Gasteiger partial charge in [0.05, 0.1) is 28.3 Å². The van der Waals surface area contributed by atoms with Gasteiger partial charge in [0.25, 0.3) is 11.5 Å². The van der Waals surface area contributed by atoms with E-state index in [-0.39, 0.29) is 22.3 Å². The highest BCUT2D eigenvalue weighted by Crippen LogP contribution is 2.20. The molecule has 1 atom stereocenters. The van der Waals surface area contributed by atoms with Crippen LogP contribution >= 0.6 is 12.2 Å². The minimum atomic E-state index is -0.247. The van der Waals surface area contributed by atoms with Crippen molar-refractivity contribution in [1.29, 1.82) is 0 Å². The van der Waals surface area contributed by atoms with Crippen LogP contribution in [0.15, 0.2) is 78.1 Å². The number of fused-ring (bicyclic) bond motifs is 1. The summed E-state index contributed by atoms with van der Waals surface area (Å²) < 4.78 is 3.45. The maximum atomic E-state index is 13.3. The number of H-pyrrole nitrogens is 1. The molecule has 1 unspecified atom stereocenters. The number of hydrogen-bond donors (Lipinski definition) is 2. The van der Waals surface area contributed by atoms with E-state index in [2.05, 4.69) is 20.4 Å². The van der Waals surface area contributed by atoms with E-state index < -0.39 is 0 Å². The Kier molecular flexibility index (Phi) is 6.07. The van der Waals surface area contributed by atoms with Gasteiger partial charge < -0.3 is 10.3 Å². The first-order valence-electron chi connectivity index (χ1n) is 11.4. The van der Waals surface area contributed by atoms with Crippen molar-refractivity contribution in [2.24, 2.45) is 0 Å². The molecule has 3 aromatic carbocycles. The van der Waals surface area contributed by atoms with Crippen molar-refractivity contribution in [3.8, 4) is 11.4 Å². The number of carbonyl (C=O) groups excluding carboxylic acids is 1. The highest BCUT2D eigenvalue weighted by Gasteiger charge is 2.15. The first-order chi connectivity index (χ1) is 17.3. The fourth-order valence-electron chi connectivity index (χ4n) is 4.18. The number of carbonyl (C=O) groups is 1. The van der Waals surface area contributed by atoms with E-state index in [9.17, 15) is 9.59 Å². The Morgan fingerprint density at radius 3 is 2.58 bits per heavy atom. The molecular formula is C27H24N6O2S. The van der Waals surface area contributed by atoms with Gasteiger partial charge in [-0.25, -0.2) is 9.67 Å². The van der Waals surface area contributed by atoms with Gasteiger partial charge in [-0.2, -0.15) is 5.10 Å². The quantitative estimate of drug-likeness (QED) is 0.343. The van der Waals surface area contributed by atoms with E-state index >= 15 is 0 Å². The number of nitrogens with one attached hydrogen (secondary N) is 2. The molecule has 0 bridgehead atoms. The molecule has 180 valence electrons. The molecule has 1 amide bonds. The third kappa shape index (κ3) is 4.25. The van der Waals surface area contributed by atoms with Crippen molar-refractivity contribution in [2.75, 3.05) is 0 Å². The molecular weight excluding hydrogens is 472 g/mol. The van der Waals surface area contributed by atoms with Crippen LogP contribution in [0.1, 0.15) is 40.0 Å². The zero-order valence-corrected chi connectivity index (χ0v) is 20.8. The topological polar surface area (TPSA) is 97.6 Å². The molecule has 0 fully saturated rings. The maximum absolute atomic E-state index is 13.3. The molecule has 36 heavy (non-hydrogen) atoms. The number of rotatable bonds is 5. The number of aryl methyl sites for hydroxylation is 1. The second kappa shape index (κ2) is 9.35. The van der Waals surface area contributed by atoms with Crippen LogP contribution in [-0.4, -0.2) is 30.2 Å². The lowest BCUT2D eigenvalue weighted by Crippen LogP contribution is -2.27. The summed E-state index contributed by atoms with van der Waals surface area (Å²) in [5, 5.41) is 7.59. The summed E-state index contributed by atoms with van der Waals surface area (Å²) in [6.45, 7) is 5.88. The van der Waals surface area contributed by atoms with Gasteiger partial charge >= 0.3 is 0 Å². The van der Waals surface area contributed by atoms with E-state index in [1.54, 1.807) is 29.2 Å². The zero-order valence-electron chi connectivity index (χ0n) is 20.0. The first kappa shape index (κ1) is 23.4. The van der Waals surface area contributed by atoms with Gasteiger partial charge in [-0.1, -0.05) is 24.3 Å². The van der Waals surface area contributed by atoms with E-state index in [0.29, 0.717) is 16.5 Å². The summed E-state index contributed by atoms with van der Waals surface area (Å²) >= 11 is 5.53. The zero-order chi connectivity index (χ0) is 25.4. The molecule has 0 aliphatic carbocycles. The predicted octanol–water partition coefficient (Wildman–Crippen LogP) is 4.74. The second-order valence-corrected chi connectivity index (χ2v) is 9.06. The standard InChI is InChI=1S/C27H24N6O2S/c1-16-5-4-6-24(17(16)2)33-26(35)22-12-9-20(13-23(22)31-27(33)36)25(34)30-18(3)19-7-10-21(11-8-19)32-15-28-14-29-32/h4-15,18H,1-3H3,(H,30,34)(H,31,36). The van der Waals surface area contributed by atoms with Crippen LogP contribution < -0.4 is 10.9 Å². The Balaban J connectivity index is 1.41. The molecule has 8 nitrogen and oxygen atoms in total. The van der Waals surface area contributed by atoms with Crippen molar-refractivity contribution in [3.63, 3.8) is 0 Å². The largest absolute Gasteiger partial charge is 0.346 e. The monoisotopic (exact) mass is 496 g/mol. The minimum Gasteiger partial charge on any atom is -0.346 e. The van der Waals surface area contributed by atoms with Crippen molar-refractivity contribution in [2.45, 2.75) is 26.8 Å². The van der Waals surface area contributed by atoms with Crippen LogP contribution in [0, 0.1) is 18.6 Å². The number of nitrogens with zero attached hydrogens (tertiary/aromatic N) is 4. The number of aromatic nitrogens is 5. The Morgan fingerprint density at radius 1 is 1.08 bits per heavy atom. The van der Waals surface area contributed by atoms with E-state index in [1.165, 1.54) is 10.9 Å². The lowest BCUT2D eigenvalue weighted by Gasteiger charge is -2.16. The summed E-state index contributed by atoms with van der Waals surface area (Å²) in [5.74, 6) is -0.247. The average Bonchev–Trinajstić information content (AvgIpc) is 3.41. The Labute approximate surface area is 212 Å². The number of aromatic amines is 1. The molecule has 2 N–H and O–H groups in total. The van der Waals surface area contributed by atoms with Crippen LogP contribution in [0.3, 0.4) is 0 Å². The Morgan fingerprint density at radius 2 is 1.86 bits per heavy atom. The molecule has 0 aliphatic rings. The molecule has 0 spiro atoms. The normalized spacial score (nSPS) is 12.0. The summed E-state index contributed by atoms with van der Waals surface area (Å²) in [4.78, 5) is 33.4. The van der Waals surface area contributed by atoms with Crippen LogP contribution in [0.5, 0.6) is 0 Å². The third-order valence-electron chi connectivity index (χ3n) is 6.40. The number of amides is 1. The fourth-order valence-corrected chi connectivity index (χ4v) is 4.47. The van der Waals surface area contributed by atoms with Gasteiger partial charge in [-0.3, -0.25) is 14.2 Å². The van der Waals surface area contributed by atoms with Gasteiger partial charge in [0, 0.05) is 5.56 Å². The SMILES string of the molecule is Cc1cccc(-n2c(=S)[nH]c3cc(C(=O)NC(C)c4ccc(-n5cncn5)cc4)ccc3c2=O)c1C. The molecule has 5 rings (SSSR count). The van der Waals surface area contributed by atoms with Crippen molar-refractivity contribution >= 4 is 29.0 Å². The lowest BCUT2D eigenvalue weighted by atomic mass is 10.1. The summed E-state index contributed by atoms with van der Waals surface area (Å²) in [6, 6.07) is 18.2. The highest BCUT2D eigenvalue weighted by molar-refractivity contribution is 7.71. The summed E-state index contributed by atoms with van der Waals surface area (Å²) in [5.41, 5.74) is 5.35. The molecule has 0 radical (unpaired) electrons. The summed E-state index contributed by atoms with van der Waals surface area (Å²) in [6.07, 6.45) is 3.10. The van der Waals surface area contributed by atoms with Crippen molar-refractivity contribution in [1.82, 2.24) is 29.6 Å². The number of benzene rings is 3. The smallest absolute Gasteiger partial charge is 0.266 e. The van der Waals surface area contributed by atoms with E-state index in [4.69, 9.17) is 12.2 Å². The molecule has 0 saturated carbocycles. The van der Waals surface area contributed by atoms with Crippen LogP contribution in [0.2, 0.25) is 0 Å². The molecule has 2 heterocycles. The Hall–Kier alpha value is -4.37. The van der Waals surface area contributed by atoms with Gasteiger partial charge in [-0.05, 0) is 86.1 Å². The van der Waals surface area contributed by atoms with Gasteiger partial charge in [-0.15, -0.1) is 0 Å². The minimum absolute atomic E-state index is 0.227. The predicted molar refractivity (Wildman–Crippen MR) is 141 cm³/mol. The maximum Gasteiger partial charge on any atom is 0.266 e. The molecule has 9 heteroatoms. The summed E-state index contributed by atoms with van der Waals surface area (Å²) in [7, 11) is 0. The third-order valence-corrected chi connectivity index (χ3v) is 6.69. The lowest BCUT2D eigenvalue weighted by molar-refractivity contribution is 0.0940.